The summed E-state index contributed by atoms with van der Waals surface area (Å²) in [6, 6.07) is 20.0. The molecule has 1 unspecified atom stereocenters. The van der Waals surface area contributed by atoms with E-state index in [2.05, 4.69) is 6.58 Å². The standard InChI is InChI=1S/C21H23FP/c1-4-6-13-19(5-2)23(18(3)22,20-14-9-7-10-15-20)21-16-11-8-12-17-21/h4-18H,2H2,1,3H3/q+1/b6-4-,19-13+. The minimum Gasteiger partial charge on any atom is -0.202 e. The second kappa shape index (κ2) is 8.04. The van der Waals surface area contributed by atoms with Crippen molar-refractivity contribution >= 4 is 17.9 Å². The minimum absolute atomic E-state index is 0.961. The summed E-state index contributed by atoms with van der Waals surface area (Å²) in [5, 5.41) is 3.04. The van der Waals surface area contributed by atoms with E-state index in [1.54, 1.807) is 6.92 Å². The van der Waals surface area contributed by atoms with Gasteiger partial charge in [0.1, 0.15) is 23.2 Å². The van der Waals surface area contributed by atoms with Crippen molar-refractivity contribution in [2.24, 2.45) is 0 Å². The number of benzene rings is 2. The van der Waals surface area contributed by atoms with Crippen LogP contribution in [0.1, 0.15) is 13.8 Å². The van der Waals surface area contributed by atoms with E-state index in [0.717, 1.165) is 15.9 Å². The molecule has 0 saturated heterocycles. The lowest BCUT2D eigenvalue weighted by Gasteiger charge is -2.29. The van der Waals surface area contributed by atoms with Crippen LogP contribution in [0.25, 0.3) is 0 Å². The van der Waals surface area contributed by atoms with Crippen molar-refractivity contribution in [1.82, 2.24) is 0 Å². The summed E-state index contributed by atoms with van der Waals surface area (Å²) in [5.41, 5.74) is 0. The number of hydrogen-bond acceptors (Lipinski definition) is 0. The predicted octanol–water partition coefficient (Wildman–Crippen LogP) is 5.62. The van der Waals surface area contributed by atoms with Crippen molar-refractivity contribution in [2.45, 2.75) is 19.8 Å². The van der Waals surface area contributed by atoms with Gasteiger partial charge < -0.3 is 0 Å². The smallest absolute Gasteiger partial charge is 0.202 e. The fourth-order valence-corrected chi connectivity index (χ4v) is 6.94. The SMILES string of the molecule is C=C/C(=C\C=C/C)[P+](c1ccccc1)(c1ccccc1)C(C)F. The molecule has 0 saturated carbocycles. The van der Waals surface area contributed by atoms with Crippen LogP contribution >= 0.6 is 7.26 Å². The van der Waals surface area contributed by atoms with E-state index < -0.39 is 13.2 Å². The van der Waals surface area contributed by atoms with Crippen LogP contribution in [-0.4, -0.2) is 5.91 Å². The van der Waals surface area contributed by atoms with Crippen LogP contribution in [0.5, 0.6) is 0 Å². The molecule has 1 atom stereocenters. The summed E-state index contributed by atoms with van der Waals surface area (Å²) < 4.78 is 15.2. The second-order valence-corrected chi connectivity index (χ2v) is 9.00. The predicted molar refractivity (Wildman–Crippen MR) is 103 cm³/mol. The molecule has 0 aliphatic carbocycles. The molecule has 0 spiro atoms. The number of rotatable bonds is 6. The molecule has 0 aliphatic rings. The van der Waals surface area contributed by atoms with Crippen molar-refractivity contribution in [3.8, 4) is 0 Å². The molecule has 0 fully saturated rings. The van der Waals surface area contributed by atoms with E-state index >= 15 is 4.39 Å². The Balaban J connectivity index is 2.84. The van der Waals surface area contributed by atoms with Crippen LogP contribution in [0.15, 0.2) is 96.9 Å². The Labute approximate surface area is 139 Å². The topological polar surface area (TPSA) is 0 Å². The summed E-state index contributed by atoms with van der Waals surface area (Å²) in [4.78, 5) is 0. The Bertz CT molecular complexity index is 645. The van der Waals surface area contributed by atoms with Gasteiger partial charge in [-0.15, -0.1) is 0 Å². The first-order valence-corrected chi connectivity index (χ1v) is 9.63. The largest absolute Gasteiger partial charge is 0.216 e. The highest BCUT2D eigenvalue weighted by molar-refractivity contribution is 7.93. The van der Waals surface area contributed by atoms with E-state index in [1.165, 1.54) is 0 Å². The number of alkyl halides is 1. The lowest BCUT2D eigenvalue weighted by Crippen LogP contribution is -2.29. The first kappa shape index (κ1) is 17.4. The molecule has 0 aromatic heterocycles. The van der Waals surface area contributed by atoms with Gasteiger partial charge in [0, 0.05) is 6.92 Å². The average molecular weight is 325 g/mol. The molecule has 0 aliphatic heterocycles. The summed E-state index contributed by atoms with van der Waals surface area (Å²) in [6.45, 7) is 7.60. The Morgan fingerprint density at radius 3 is 1.83 bits per heavy atom. The fourth-order valence-electron chi connectivity index (χ4n) is 2.91. The molecule has 0 heterocycles. The van der Waals surface area contributed by atoms with E-state index in [-0.39, 0.29) is 0 Å². The van der Waals surface area contributed by atoms with Gasteiger partial charge in [-0.05, 0) is 43.3 Å². The van der Waals surface area contributed by atoms with Crippen LogP contribution in [0.4, 0.5) is 4.39 Å². The highest BCUT2D eigenvalue weighted by atomic mass is 31.2. The first-order valence-electron chi connectivity index (χ1n) is 7.78. The molecular weight excluding hydrogens is 302 g/mol. The van der Waals surface area contributed by atoms with E-state index in [9.17, 15) is 0 Å². The molecule has 0 radical (unpaired) electrons. The molecule has 0 amide bonds. The van der Waals surface area contributed by atoms with Gasteiger partial charge in [0.25, 0.3) is 0 Å². The number of allylic oxidation sites excluding steroid dienone is 5. The Hall–Kier alpha value is -1.98. The summed E-state index contributed by atoms with van der Waals surface area (Å²) in [5.74, 6) is -0.998. The highest BCUT2D eigenvalue weighted by Crippen LogP contribution is 2.67. The zero-order valence-corrected chi connectivity index (χ0v) is 14.6. The molecule has 118 valence electrons. The van der Waals surface area contributed by atoms with Crippen LogP contribution in [-0.2, 0) is 0 Å². The lowest BCUT2D eigenvalue weighted by atomic mass is 10.4. The van der Waals surface area contributed by atoms with Gasteiger partial charge in [0.2, 0.25) is 5.91 Å². The minimum atomic E-state index is -2.39. The van der Waals surface area contributed by atoms with Crippen LogP contribution < -0.4 is 10.6 Å². The Morgan fingerprint density at radius 1 is 1.00 bits per heavy atom. The molecule has 23 heavy (non-hydrogen) atoms. The van der Waals surface area contributed by atoms with Crippen LogP contribution in [0, 0.1) is 0 Å². The van der Waals surface area contributed by atoms with Crippen molar-refractivity contribution in [3.63, 3.8) is 0 Å². The van der Waals surface area contributed by atoms with Crippen molar-refractivity contribution in [2.75, 3.05) is 0 Å². The van der Waals surface area contributed by atoms with Gasteiger partial charge in [-0.3, -0.25) is 0 Å². The zero-order chi connectivity index (χ0) is 16.7. The molecule has 2 aromatic rings. The molecule has 2 aromatic carbocycles. The van der Waals surface area contributed by atoms with E-state index in [4.69, 9.17) is 0 Å². The third-order valence-electron chi connectivity index (χ3n) is 3.94. The number of hydrogen-bond donors (Lipinski definition) is 0. The van der Waals surface area contributed by atoms with E-state index in [1.807, 2.05) is 91.9 Å². The van der Waals surface area contributed by atoms with Gasteiger partial charge in [-0.1, -0.05) is 55.1 Å². The Kier molecular flexibility index (Phi) is 6.07. The fraction of sp³-hybridized carbons (Fsp3) is 0.143. The Morgan fingerprint density at radius 2 is 1.48 bits per heavy atom. The lowest BCUT2D eigenvalue weighted by molar-refractivity contribution is 0.475. The van der Waals surface area contributed by atoms with Gasteiger partial charge in [-0.25, -0.2) is 4.39 Å². The summed E-state index contributed by atoms with van der Waals surface area (Å²) in [6.07, 6.45) is 7.72. The highest BCUT2D eigenvalue weighted by Gasteiger charge is 2.51. The van der Waals surface area contributed by atoms with Gasteiger partial charge in [0.15, 0.2) is 0 Å². The van der Waals surface area contributed by atoms with Crippen molar-refractivity contribution in [1.29, 1.82) is 0 Å². The monoisotopic (exact) mass is 325 g/mol. The van der Waals surface area contributed by atoms with Gasteiger partial charge in [0.05, 0.1) is 0 Å². The number of halogens is 1. The van der Waals surface area contributed by atoms with Gasteiger partial charge >= 0.3 is 0 Å². The first-order chi connectivity index (χ1) is 11.2. The molecule has 2 rings (SSSR count). The molecule has 0 nitrogen and oxygen atoms in total. The average Bonchev–Trinajstić information content (AvgIpc) is 2.60. The van der Waals surface area contributed by atoms with Crippen LogP contribution in [0.2, 0.25) is 0 Å². The maximum Gasteiger partial charge on any atom is 0.216 e. The van der Waals surface area contributed by atoms with Crippen molar-refractivity contribution < 1.29 is 4.39 Å². The maximum absolute atomic E-state index is 15.2. The third kappa shape index (κ3) is 3.35. The normalized spacial score (nSPS) is 14.0. The third-order valence-corrected chi connectivity index (χ3v) is 8.38. The molecular formula is C21H23FP+. The van der Waals surface area contributed by atoms with Crippen molar-refractivity contribution in [3.05, 3.63) is 96.9 Å². The maximum atomic E-state index is 15.2. The summed E-state index contributed by atoms with van der Waals surface area (Å²) in [7, 11) is -2.39. The quantitative estimate of drug-likeness (QED) is 0.478. The molecule has 0 N–H and O–H groups in total. The van der Waals surface area contributed by atoms with Gasteiger partial charge in [-0.2, -0.15) is 0 Å². The van der Waals surface area contributed by atoms with E-state index in [0.29, 0.717) is 0 Å². The second-order valence-electron chi connectivity index (χ2n) is 5.29. The molecule has 2 heteroatoms. The zero-order valence-electron chi connectivity index (χ0n) is 13.7. The molecule has 0 bridgehead atoms. The van der Waals surface area contributed by atoms with Crippen LogP contribution in [0.3, 0.4) is 0 Å². The summed E-state index contributed by atoms with van der Waals surface area (Å²) >= 11 is 0.